The zero-order valence-corrected chi connectivity index (χ0v) is 18.6. The van der Waals surface area contributed by atoms with Gasteiger partial charge in [0.2, 0.25) is 0 Å². The molecule has 1 aliphatic heterocycles. The van der Waals surface area contributed by atoms with Crippen LogP contribution in [0.4, 0.5) is 14.5 Å². The van der Waals surface area contributed by atoms with Crippen LogP contribution in [0.15, 0.2) is 88.5 Å². The Morgan fingerprint density at radius 1 is 0.970 bits per heavy atom. The first kappa shape index (κ1) is 21.4. The first-order chi connectivity index (χ1) is 15.9. The number of thiophene rings is 1. The number of ether oxygens (including phenoxy) is 2. The van der Waals surface area contributed by atoms with Crippen molar-refractivity contribution in [2.75, 3.05) is 4.72 Å². The number of nitrogens with one attached hydrogen (secondary N) is 1. The zero-order valence-electron chi connectivity index (χ0n) is 16.9. The van der Waals surface area contributed by atoms with Crippen LogP contribution < -0.4 is 14.2 Å². The molecule has 2 heterocycles. The number of alkyl halides is 2. The van der Waals surface area contributed by atoms with Gasteiger partial charge in [-0.2, -0.15) is 8.78 Å². The lowest BCUT2D eigenvalue weighted by molar-refractivity contribution is -0.0496. The first-order valence-electron chi connectivity index (χ1n) is 9.92. The van der Waals surface area contributed by atoms with Gasteiger partial charge in [0.25, 0.3) is 10.0 Å². The molecule has 168 valence electrons. The Labute approximate surface area is 193 Å². The summed E-state index contributed by atoms with van der Waals surface area (Å²) in [5.74, 6) is 0.392. The fraction of sp³-hybridized carbons (Fsp3) is 0.0833. The van der Waals surface area contributed by atoms with Crippen LogP contribution in [0.3, 0.4) is 0 Å². The molecule has 0 radical (unpaired) electrons. The van der Waals surface area contributed by atoms with E-state index in [1.807, 2.05) is 30.3 Å². The summed E-state index contributed by atoms with van der Waals surface area (Å²) >= 11 is 1.11. The smallest absolute Gasteiger partial charge is 0.387 e. The maximum absolute atomic E-state index is 13.1. The number of sulfonamides is 1. The van der Waals surface area contributed by atoms with Crippen LogP contribution in [0.25, 0.3) is 11.1 Å². The van der Waals surface area contributed by atoms with Gasteiger partial charge in [0.05, 0.1) is 5.56 Å². The quantitative estimate of drug-likeness (QED) is 0.348. The fourth-order valence-electron chi connectivity index (χ4n) is 3.83. The summed E-state index contributed by atoms with van der Waals surface area (Å²) in [6.45, 7) is -3.00. The summed E-state index contributed by atoms with van der Waals surface area (Å²) in [6.07, 6.45) is -0.568. The van der Waals surface area contributed by atoms with Gasteiger partial charge in [0, 0.05) is 11.3 Å². The van der Waals surface area contributed by atoms with Crippen molar-refractivity contribution in [3.8, 4) is 22.6 Å². The summed E-state index contributed by atoms with van der Waals surface area (Å²) in [5.41, 5.74) is 2.82. The standard InChI is InChI=1S/C24H17F2NO4S2/c25-24(26)31-20-9-4-8-19-22(20)17-12-11-16(27-33(28,29)21-10-5-13-32-21)14-18(17)23(30-19)15-6-2-1-3-7-15/h1-14,23-24,27H. The Balaban J connectivity index is 1.64. The Bertz CT molecular complexity index is 1390. The molecule has 0 saturated heterocycles. The molecule has 5 rings (SSSR count). The van der Waals surface area contributed by atoms with Crippen molar-refractivity contribution in [1.29, 1.82) is 0 Å². The highest BCUT2D eigenvalue weighted by molar-refractivity contribution is 7.94. The minimum absolute atomic E-state index is 0.0119. The number of hydrogen-bond donors (Lipinski definition) is 1. The summed E-state index contributed by atoms with van der Waals surface area (Å²) in [4.78, 5) is 0. The second-order valence-electron chi connectivity index (χ2n) is 7.26. The van der Waals surface area contributed by atoms with E-state index in [0.717, 1.165) is 16.9 Å². The molecule has 1 aliphatic rings. The topological polar surface area (TPSA) is 64.6 Å². The van der Waals surface area contributed by atoms with Gasteiger partial charge in [0.1, 0.15) is 21.8 Å². The van der Waals surface area contributed by atoms with Gasteiger partial charge in [-0.25, -0.2) is 8.42 Å². The average Bonchev–Trinajstić information content (AvgIpc) is 3.35. The molecule has 5 nitrogen and oxygen atoms in total. The highest BCUT2D eigenvalue weighted by atomic mass is 32.2. The predicted octanol–water partition coefficient (Wildman–Crippen LogP) is 6.30. The van der Waals surface area contributed by atoms with Crippen molar-refractivity contribution in [3.05, 3.63) is 95.4 Å². The SMILES string of the molecule is O=S(=O)(Nc1ccc2c(c1)C(c1ccccc1)Oc1cccc(OC(F)F)c1-2)c1cccs1. The molecule has 1 unspecified atom stereocenters. The highest BCUT2D eigenvalue weighted by Crippen LogP contribution is 2.49. The van der Waals surface area contributed by atoms with Crippen molar-refractivity contribution in [2.45, 2.75) is 16.9 Å². The zero-order chi connectivity index (χ0) is 23.0. The number of hydrogen-bond acceptors (Lipinski definition) is 5. The van der Waals surface area contributed by atoms with Crippen molar-refractivity contribution in [2.24, 2.45) is 0 Å². The van der Waals surface area contributed by atoms with E-state index in [9.17, 15) is 17.2 Å². The van der Waals surface area contributed by atoms with Gasteiger partial charge in [0.15, 0.2) is 0 Å². The lowest BCUT2D eigenvalue weighted by Crippen LogP contribution is -2.18. The van der Waals surface area contributed by atoms with E-state index in [1.165, 1.54) is 12.1 Å². The van der Waals surface area contributed by atoms with Gasteiger partial charge in [-0.1, -0.05) is 48.5 Å². The number of rotatable bonds is 6. The maximum Gasteiger partial charge on any atom is 0.387 e. The van der Waals surface area contributed by atoms with Crippen LogP contribution in [-0.2, 0) is 10.0 Å². The van der Waals surface area contributed by atoms with Crippen LogP contribution in [0.2, 0.25) is 0 Å². The van der Waals surface area contributed by atoms with E-state index >= 15 is 0 Å². The van der Waals surface area contributed by atoms with Crippen LogP contribution in [0.1, 0.15) is 17.2 Å². The molecule has 1 N–H and O–H groups in total. The summed E-state index contributed by atoms with van der Waals surface area (Å²) in [6, 6.07) is 22.3. The molecule has 33 heavy (non-hydrogen) atoms. The lowest BCUT2D eigenvalue weighted by Gasteiger charge is -2.30. The highest BCUT2D eigenvalue weighted by Gasteiger charge is 2.31. The molecule has 4 aromatic rings. The first-order valence-corrected chi connectivity index (χ1v) is 12.3. The number of halogens is 2. The van der Waals surface area contributed by atoms with E-state index in [4.69, 9.17) is 9.47 Å². The summed E-state index contributed by atoms with van der Waals surface area (Å²) < 4.78 is 65.3. The average molecular weight is 486 g/mol. The molecule has 1 atom stereocenters. The van der Waals surface area contributed by atoms with Gasteiger partial charge in [-0.3, -0.25) is 4.72 Å². The third-order valence-electron chi connectivity index (χ3n) is 5.17. The summed E-state index contributed by atoms with van der Waals surface area (Å²) in [7, 11) is -3.76. The van der Waals surface area contributed by atoms with Crippen molar-refractivity contribution >= 4 is 27.0 Å². The molecule has 9 heteroatoms. The molecule has 0 spiro atoms. The van der Waals surface area contributed by atoms with Gasteiger partial charge in [-0.05, 0) is 46.8 Å². The third-order valence-corrected chi connectivity index (χ3v) is 7.95. The Morgan fingerprint density at radius 3 is 2.52 bits per heavy atom. The Kier molecular flexibility index (Phi) is 5.51. The number of anilines is 1. The molecule has 0 aliphatic carbocycles. The maximum atomic E-state index is 13.1. The van der Waals surface area contributed by atoms with Gasteiger partial charge in [-0.15, -0.1) is 11.3 Å². The molecule has 0 bridgehead atoms. The van der Waals surface area contributed by atoms with Gasteiger partial charge >= 0.3 is 6.61 Å². The minimum Gasteiger partial charge on any atom is -0.480 e. The minimum atomic E-state index is -3.76. The fourth-order valence-corrected chi connectivity index (χ4v) is 5.87. The number of fused-ring (bicyclic) bond motifs is 3. The van der Waals surface area contributed by atoms with Crippen LogP contribution in [0, 0.1) is 0 Å². The van der Waals surface area contributed by atoms with E-state index in [1.54, 1.807) is 41.8 Å². The molecular weight excluding hydrogens is 468 g/mol. The van der Waals surface area contributed by atoms with Crippen molar-refractivity contribution in [1.82, 2.24) is 0 Å². The largest absolute Gasteiger partial charge is 0.480 e. The third kappa shape index (κ3) is 4.17. The molecular formula is C24H17F2NO4S2. The molecule has 0 amide bonds. The Morgan fingerprint density at radius 2 is 1.79 bits per heavy atom. The normalized spacial score (nSPS) is 14.8. The molecule has 1 aromatic heterocycles. The van der Waals surface area contributed by atoms with Crippen molar-refractivity contribution < 1.29 is 26.7 Å². The Hall–Kier alpha value is -3.43. The van der Waals surface area contributed by atoms with E-state index in [-0.39, 0.29) is 9.96 Å². The van der Waals surface area contributed by atoms with E-state index in [0.29, 0.717) is 28.1 Å². The van der Waals surface area contributed by atoms with E-state index < -0.39 is 22.7 Å². The summed E-state index contributed by atoms with van der Waals surface area (Å²) in [5, 5.41) is 1.68. The molecule has 0 fully saturated rings. The monoisotopic (exact) mass is 485 g/mol. The predicted molar refractivity (Wildman–Crippen MR) is 123 cm³/mol. The second kappa shape index (κ2) is 8.49. The van der Waals surface area contributed by atoms with Crippen LogP contribution in [0.5, 0.6) is 11.5 Å². The van der Waals surface area contributed by atoms with Crippen LogP contribution in [-0.4, -0.2) is 15.0 Å². The molecule has 3 aromatic carbocycles. The van der Waals surface area contributed by atoms with Gasteiger partial charge < -0.3 is 9.47 Å². The lowest BCUT2D eigenvalue weighted by atomic mass is 9.89. The van der Waals surface area contributed by atoms with Crippen molar-refractivity contribution in [3.63, 3.8) is 0 Å². The van der Waals surface area contributed by atoms with E-state index in [2.05, 4.69) is 4.72 Å². The van der Waals surface area contributed by atoms with Crippen LogP contribution >= 0.6 is 11.3 Å². The second-order valence-corrected chi connectivity index (χ2v) is 10.1. The molecule has 0 saturated carbocycles. The number of benzene rings is 3.